The minimum atomic E-state index is -3.84. The minimum Gasteiger partial charge on any atom is -0.507 e. The number of aliphatic hydroxyl groups excluding tert-OH is 1. The van der Waals surface area contributed by atoms with Crippen LogP contribution in [0.15, 0.2) is 59.0 Å². The Kier molecular flexibility index (Phi) is 7.80. The summed E-state index contributed by atoms with van der Waals surface area (Å²) in [5, 5.41) is 11.8. The number of para-hydroxylation sites is 1. The third-order valence-corrected chi connectivity index (χ3v) is 9.98. The molecular formula is C30H36N4O6S. The number of aliphatic hydroxyl groups is 1. The van der Waals surface area contributed by atoms with Crippen molar-refractivity contribution in [1.29, 1.82) is 0 Å². The van der Waals surface area contributed by atoms with E-state index in [0.29, 0.717) is 43.9 Å². The molecule has 5 rings (SSSR count). The molecule has 2 amide bonds. The number of carbonyl (C=O) groups is 3. The molecule has 1 spiro atoms. The van der Waals surface area contributed by atoms with Gasteiger partial charge < -0.3 is 19.8 Å². The number of likely N-dealkylation sites (N-methyl/N-ethyl adjacent to an activating group) is 1. The molecule has 0 unspecified atom stereocenters. The molecule has 0 radical (unpaired) electrons. The topological polar surface area (TPSA) is 119 Å². The molecule has 0 aromatic heterocycles. The summed E-state index contributed by atoms with van der Waals surface area (Å²) in [6.07, 6.45) is 3.14. The van der Waals surface area contributed by atoms with Crippen molar-refractivity contribution in [1.82, 2.24) is 14.1 Å². The molecule has 1 N–H and O–H groups in total. The lowest BCUT2D eigenvalue weighted by molar-refractivity contribution is -0.143. The van der Waals surface area contributed by atoms with Gasteiger partial charge in [-0.3, -0.25) is 14.4 Å². The second-order valence-corrected chi connectivity index (χ2v) is 12.9. The molecular weight excluding hydrogens is 544 g/mol. The maximum absolute atomic E-state index is 14.4. The predicted octanol–water partition coefficient (Wildman–Crippen LogP) is 2.76. The van der Waals surface area contributed by atoms with Gasteiger partial charge in [0.15, 0.2) is 5.54 Å². The van der Waals surface area contributed by atoms with Crippen molar-refractivity contribution in [3.8, 4) is 0 Å². The first-order valence-electron chi connectivity index (χ1n) is 14.0. The molecule has 3 heterocycles. The van der Waals surface area contributed by atoms with E-state index in [2.05, 4.69) is 0 Å². The molecule has 41 heavy (non-hydrogen) atoms. The third kappa shape index (κ3) is 4.56. The molecule has 0 bridgehead atoms. The number of anilines is 1. The van der Waals surface area contributed by atoms with Crippen LogP contribution in [0.3, 0.4) is 0 Å². The Morgan fingerprint density at radius 2 is 1.68 bits per heavy atom. The Morgan fingerprint density at radius 3 is 2.37 bits per heavy atom. The van der Waals surface area contributed by atoms with Crippen LogP contribution in [0.4, 0.5) is 5.69 Å². The van der Waals surface area contributed by atoms with Crippen LogP contribution in [0.5, 0.6) is 0 Å². The molecule has 3 aliphatic heterocycles. The molecule has 2 fully saturated rings. The quantitative estimate of drug-likeness (QED) is 0.290. The number of Topliss-reactive ketones (excluding diaryl/α,β-unsaturated/α-hetero) is 1. The monoisotopic (exact) mass is 580 g/mol. The van der Waals surface area contributed by atoms with Gasteiger partial charge in [0.05, 0.1) is 16.2 Å². The van der Waals surface area contributed by atoms with Crippen molar-refractivity contribution >= 4 is 39.1 Å². The SMILES string of the molecule is CCCN1C(=O)[C@@]2(C(=C(O)c3cccc(S(=O)(=O)N4CCCCC4)c3)C(=O)C(=O)N2CCN(C)C)c2ccccc21. The number of piperidine rings is 1. The zero-order valence-electron chi connectivity index (χ0n) is 23.7. The van der Waals surface area contributed by atoms with Gasteiger partial charge in [0.2, 0.25) is 10.0 Å². The van der Waals surface area contributed by atoms with E-state index in [1.807, 2.05) is 25.9 Å². The number of amides is 2. The summed E-state index contributed by atoms with van der Waals surface area (Å²) >= 11 is 0. The van der Waals surface area contributed by atoms with Crippen molar-refractivity contribution in [2.24, 2.45) is 0 Å². The molecule has 0 aliphatic carbocycles. The Balaban J connectivity index is 1.72. The number of rotatable bonds is 8. The number of carbonyl (C=O) groups excluding carboxylic acids is 3. The smallest absolute Gasteiger partial charge is 0.296 e. The fraction of sp³-hybridized carbons (Fsp3) is 0.433. The number of likely N-dealkylation sites (tertiary alicyclic amines) is 1. The van der Waals surface area contributed by atoms with E-state index in [0.717, 1.165) is 19.3 Å². The van der Waals surface area contributed by atoms with Crippen LogP contribution in [0.25, 0.3) is 5.76 Å². The molecule has 0 saturated carbocycles. The summed E-state index contributed by atoms with van der Waals surface area (Å²) in [7, 11) is -0.192. The summed E-state index contributed by atoms with van der Waals surface area (Å²) in [5.74, 6) is -2.93. The van der Waals surface area contributed by atoms with E-state index < -0.39 is 38.9 Å². The summed E-state index contributed by atoms with van der Waals surface area (Å²) in [5.41, 5.74) is -1.16. The Bertz CT molecular complexity index is 1530. The zero-order chi connectivity index (χ0) is 29.5. The average molecular weight is 581 g/mol. The summed E-state index contributed by atoms with van der Waals surface area (Å²) in [6.45, 7) is 3.56. The first-order chi connectivity index (χ1) is 19.6. The minimum absolute atomic E-state index is 0.0231. The van der Waals surface area contributed by atoms with Crippen LogP contribution in [0.2, 0.25) is 0 Å². The van der Waals surface area contributed by atoms with Crippen molar-refractivity contribution in [3.05, 3.63) is 65.2 Å². The summed E-state index contributed by atoms with van der Waals surface area (Å²) in [6, 6.07) is 12.8. The number of ketones is 1. The largest absolute Gasteiger partial charge is 0.507 e. The number of nitrogens with zero attached hydrogens (tertiary/aromatic N) is 4. The van der Waals surface area contributed by atoms with Gasteiger partial charge in [-0.1, -0.05) is 43.7 Å². The van der Waals surface area contributed by atoms with Gasteiger partial charge >= 0.3 is 0 Å². The summed E-state index contributed by atoms with van der Waals surface area (Å²) < 4.78 is 28.3. The van der Waals surface area contributed by atoms with Crippen molar-refractivity contribution in [2.75, 3.05) is 51.7 Å². The van der Waals surface area contributed by atoms with E-state index >= 15 is 0 Å². The van der Waals surface area contributed by atoms with Gasteiger partial charge in [-0.2, -0.15) is 4.31 Å². The number of benzene rings is 2. The lowest BCUT2D eigenvalue weighted by atomic mass is 9.82. The average Bonchev–Trinajstić information content (AvgIpc) is 3.35. The Hall–Kier alpha value is -3.54. The number of fused-ring (bicyclic) bond motifs is 2. The van der Waals surface area contributed by atoms with E-state index in [1.165, 1.54) is 33.5 Å². The standard InChI is InChI=1S/C30H36N4O6S/c1-4-15-33-24-14-7-6-13-23(24)30(29(33)38)25(27(36)28(37)34(30)19-18-31(2)3)26(35)21-11-10-12-22(20-21)41(39,40)32-16-8-5-9-17-32/h6-7,10-14,20,35H,4-5,8-9,15-19H2,1-3H3/t30-/m0/s1. The Labute approximate surface area is 240 Å². The van der Waals surface area contributed by atoms with Crippen molar-refractivity contribution < 1.29 is 27.9 Å². The molecule has 218 valence electrons. The van der Waals surface area contributed by atoms with Gasteiger partial charge in [0.25, 0.3) is 17.6 Å². The molecule has 3 aliphatic rings. The van der Waals surface area contributed by atoms with Gasteiger partial charge in [-0.05, 0) is 51.6 Å². The third-order valence-electron chi connectivity index (χ3n) is 8.09. The van der Waals surface area contributed by atoms with Crippen molar-refractivity contribution in [2.45, 2.75) is 43.0 Å². The van der Waals surface area contributed by atoms with E-state index in [4.69, 9.17) is 0 Å². The highest BCUT2D eigenvalue weighted by Gasteiger charge is 2.66. The molecule has 2 saturated heterocycles. The number of hydrogen-bond acceptors (Lipinski definition) is 7. The van der Waals surface area contributed by atoms with Crippen LogP contribution >= 0.6 is 0 Å². The highest BCUT2D eigenvalue weighted by molar-refractivity contribution is 7.89. The maximum Gasteiger partial charge on any atom is 0.296 e. The van der Waals surface area contributed by atoms with Crippen molar-refractivity contribution in [3.63, 3.8) is 0 Å². The van der Waals surface area contributed by atoms with E-state index in [-0.39, 0.29) is 22.6 Å². The molecule has 11 heteroatoms. The number of hydrogen-bond donors (Lipinski definition) is 1. The molecule has 2 aromatic carbocycles. The zero-order valence-corrected chi connectivity index (χ0v) is 24.5. The van der Waals surface area contributed by atoms with Gasteiger partial charge in [0.1, 0.15) is 5.76 Å². The lowest BCUT2D eigenvalue weighted by Gasteiger charge is -2.35. The van der Waals surface area contributed by atoms with Gasteiger partial charge in [-0.25, -0.2) is 8.42 Å². The highest BCUT2D eigenvalue weighted by Crippen LogP contribution is 2.53. The molecule has 1 atom stereocenters. The maximum atomic E-state index is 14.4. The van der Waals surface area contributed by atoms with Crippen LogP contribution in [-0.4, -0.2) is 92.0 Å². The van der Waals surface area contributed by atoms with E-state index in [1.54, 1.807) is 29.2 Å². The number of sulfonamides is 1. The van der Waals surface area contributed by atoms with Crippen LogP contribution in [0.1, 0.15) is 43.7 Å². The van der Waals surface area contributed by atoms with Gasteiger partial charge in [0, 0.05) is 43.9 Å². The lowest BCUT2D eigenvalue weighted by Crippen LogP contribution is -2.53. The second kappa shape index (κ2) is 11.0. The summed E-state index contributed by atoms with van der Waals surface area (Å²) in [4.78, 5) is 46.5. The fourth-order valence-electron chi connectivity index (χ4n) is 6.11. The van der Waals surface area contributed by atoms with Gasteiger partial charge in [-0.15, -0.1) is 0 Å². The molecule has 10 nitrogen and oxygen atoms in total. The first-order valence-corrected chi connectivity index (χ1v) is 15.5. The van der Waals surface area contributed by atoms with E-state index in [9.17, 15) is 27.9 Å². The highest BCUT2D eigenvalue weighted by atomic mass is 32.2. The molecule has 2 aromatic rings. The predicted molar refractivity (Wildman–Crippen MR) is 155 cm³/mol. The van der Waals surface area contributed by atoms with Crippen LogP contribution in [0, 0.1) is 0 Å². The van der Waals surface area contributed by atoms with Crippen LogP contribution in [-0.2, 0) is 29.9 Å². The normalized spacial score (nSPS) is 22.8. The fourth-order valence-corrected chi connectivity index (χ4v) is 7.68. The second-order valence-electron chi connectivity index (χ2n) is 11.0. The van der Waals surface area contributed by atoms with Crippen LogP contribution < -0.4 is 4.90 Å². The Morgan fingerprint density at radius 1 is 0.976 bits per heavy atom. The first kappa shape index (κ1) is 29.0.